The molecule has 3 aliphatic rings. The molecule has 276 valence electrons. The number of nitrogens with zero attached hydrogens (tertiary/aromatic N) is 6. The van der Waals surface area contributed by atoms with E-state index in [0.29, 0.717) is 52.2 Å². The van der Waals surface area contributed by atoms with E-state index in [0.717, 1.165) is 30.1 Å². The molecule has 3 amide bonds. The predicted octanol–water partition coefficient (Wildman–Crippen LogP) is 4.54. The summed E-state index contributed by atoms with van der Waals surface area (Å²) in [5.41, 5.74) is -2.26. The number of para-hydroxylation sites is 1. The van der Waals surface area contributed by atoms with Crippen LogP contribution >= 0.6 is 0 Å². The highest BCUT2D eigenvalue weighted by atomic mass is 32.2. The SMILES string of the molecule is CC(C)CS(=O)(=O)c1ccccc1Oc1ccc(-c2noc(CN3C(=O)N(CCN4CCOCC4)C4(CCN(C)CC4)C3=O)n2)cc1C(F)(F)F. The normalized spacial score (nSPS) is 19.1. The van der Waals surface area contributed by atoms with E-state index < -0.39 is 38.9 Å². The molecule has 0 atom stereocenters. The smallest absolute Gasteiger partial charge is 0.420 e. The fraction of sp³-hybridized carbons (Fsp3) is 0.529. The number of carbonyl (C=O) groups is 2. The molecule has 3 saturated heterocycles. The Hall–Kier alpha value is -4.06. The van der Waals surface area contributed by atoms with Crippen molar-refractivity contribution in [3.05, 3.63) is 53.9 Å². The monoisotopic (exact) mass is 734 g/mol. The molecule has 0 saturated carbocycles. The maximum absolute atomic E-state index is 14.4. The summed E-state index contributed by atoms with van der Waals surface area (Å²) in [5, 5.41) is 3.86. The summed E-state index contributed by atoms with van der Waals surface area (Å²) in [4.78, 5) is 38.9. The van der Waals surface area contributed by atoms with Gasteiger partial charge in [-0.25, -0.2) is 13.2 Å². The number of ether oxygens (including phenoxy) is 2. The Bertz CT molecular complexity index is 1850. The van der Waals surface area contributed by atoms with Crippen LogP contribution in [0.4, 0.5) is 18.0 Å². The van der Waals surface area contributed by atoms with Crippen molar-refractivity contribution < 1.29 is 45.2 Å². The number of benzene rings is 2. The molecule has 4 heterocycles. The molecule has 51 heavy (non-hydrogen) atoms. The summed E-state index contributed by atoms with van der Waals surface area (Å²) in [5.74, 6) is -1.96. The molecule has 1 spiro atoms. The van der Waals surface area contributed by atoms with Crippen molar-refractivity contribution in [3.8, 4) is 22.9 Å². The first-order valence-corrected chi connectivity index (χ1v) is 18.5. The molecule has 0 radical (unpaired) electrons. The molecule has 3 fully saturated rings. The Labute approximate surface area is 294 Å². The molecular weight excluding hydrogens is 693 g/mol. The number of piperidine rings is 1. The van der Waals surface area contributed by atoms with Gasteiger partial charge in [0, 0.05) is 44.8 Å². The number of hydrogen-bond donors (Lipinski definition) is 0. The van der Waals surface area contributed by atoms with E-state index in [-0.39, 0.29) is 52.0 Å². The standard InChI is InChI=1S/C34H41F3N6O7S/c1-23(2)22-51(46,47)28-7-5-4-6-27(28)49-26-9-8-24(20-25(26)34(35,36)37)30-38-29(50-39-30)21-42-31(44)33(10-12-40(3)13-11-33)43(32(42)45)15-14-41-16-18-48-19-17-41/h4-9,20,23H,10-19,21-22H2,1-3H3. The molecule has 13 nitrogen and oxygen atoms in total. The zero-order valence-corrected chi connectivity index (χ0v) is 29.5. The predicted molar refractivity (Wildman–Crippen MR) is 178 cm³/mol. The summed E-state index contributed by atoms with van der Waals surface area (Å²) in [7, 11) is -1.89. The fourth-order valence-corrected chi connectivity index (χ4v) is 8.52. The van der Waals surface area contributed by atoms with E-state index in [1.807, 2.05) is 7.05 Å². The minimum Gasteiger partial charge on any atom is -0.455 e. The number of halogens is 3. The number of aromatic nitrogens is 2. The molecule has 3 aromatic rings. The molecule has 2 aromatic carbocycles. The Morgan fingerprint density at radius 3 is 2.37 bits per heavy atom. The molecule has 0 N–H and O–H groups in total. The van der Waals surface area contributed by atoms with E-state index in [9.17, 15) is 31.2 Å². The van der Waals surface area contributed by atoms with Gasteiger partial charge in [-0.05, 0) is 56.1 Å². The first-order valence-electron chi connectivity index (χ1n) is 16.8. The van der Waals surface area contributed by atoms with Crippen LogP contribution in [0, 0.1) is 5.92 Å². The lowest BCUT2D eigenvalue weighted by atomic mass is 9.86. The molecule has 0 bridgehead atoms. The lowest BCUT2D eigenvalue weighted by Crippen LogP contribution is -2.57. The number of carbonyl (C=O) groups excluding carboxylic acids is 2. The fourth-order valence-electron chi connectivity index (χ4n) is 6.76. The van der Waals surface area contributed by atoms with E-state index in [2.05, 4.69) is 19.9 Å². The minimum absolute atomic E-state index is 0.0663. The van der Waals surface area contributed by atoms with Crippen molar-refractivity contribution in [1.29, 1.82) is 0 Å². The highest BCUT2D eigenvalue weighted by Gasteiger charge is 2.58. The van der Waals surface area contributed by atoms with Crippen molar-refractivity contribution in [2.45, 2.75) is 49.8 Å². The van der Waals surface area contributed by atoms with Crippen molar-refractivity contribution in [2.24, 2.45) is 5.92 Å². The number of imide groups is 1. The lowest BCUT2D eigenvalue weighted by molar-refractivity contribution is -0.138. The van der Waals surface area contributed by atoms with E-state index >= 15 is 0 Å². The van der Waals surface area contributed by atoms with E-state index in [1.165, 1.54) is 30.3 Å². The Morgan fingerprint density at radius 1 is 0.980 bits per heavy atom. The van der Waals surface area contributed by atoms with Gasteiger partial charge in [0.15, 0.2) is 9.84 Å². The number of sulfone groups is 1. The first-order chi connectivity index (χ1) is 24.2. The number of alkyl halides is 3. The Balaban J connectivity index is 1.23. The highest BCUT2D eigenvalue weighted by molar-refractivity contribution is 7.91. The lowest BCUT2D eigenvalue weighted by Gasteiger charge is -2.42. The largest absolute Gasteiger partial charge is 0.455 e. The Morgan fingerprint density at radius 2 is 1.69 bits per heavy atom. The van der Waals surface area contributed by atoms with Crippen molar-refractivity contribution in [2.75, 3.05) is 65.3 Å². The molecule has 3 aliphatic heterocycles. The van der Waals surface area contributed by atoms with Gasteiger partial charge >= 0.3 is 12.2 Å². The van der Waals surface area contributed by atoms with Crippen LogP contribution in [-0.4, -0.2) is 121 Å². The summed E-state index contributed by atoms with van der Waals surface area (Å²) in [6, 6.07) is 8.19. The van der Waals surface area contributed by atoms with Crippen LogP contribution in [0.1, 0.15) is 38.1 Å². The second-order valence-corrected chi connectivity index (χ2v) is 15.6. The second-order valence-electron chi connectivity index (χ2n) is 13.6. The van der Waals surface area contributed by atoms with Crippen LogP contribution in [-0.2, 0) is 32.1 Å². The van der Waals surface area contributed by atoms with Crippen LogP contribution in [0.2, 0.25) is 0 Å². The first kappa shape index (κ1) is 36.7. The number of morpholine rings is 1. The van der Waals surface area contributed by atoms with Gasteiger partial charge in [0.25, 0.3) is 5.91 Å². The zero-order chi connectivity index (χ0) is 36.6. The van der Waals surface area contributed by atoms with E-state index in [1.54, 1.807) is 18.7 Å². The van der Waals surface area contributed by atoms with Gasteiger partial charge in [0.1, 0.15) is 28.5 Å². The number of rotatable bonds is 11. The van der Waals surface area contributed by atoms with Crippen molar-refractivity contribution in [1.82, 2.24) is 29.7 Å². The molecule has 0 unspecified atom stereocenters. The number of likely N-dealkylation sites (tertiary alicyclic amines) is 1. The summed E-state index contributed by atoms with van der Waals surface area (Å²) >= 11 is 0. The van der Waals surface area contributed by atoms with Crippen LogP contribution < -0.4 is 4.74 Å². The third kappa shape index (κ3) is 7.76. The van der Waals surface area contributed by atoms with Crippen LogP contribution in [0.25, 0.3) is 11.4 Å². The van der Waals surface area contributed by atoms with Gasteiger partial charge in [-0.3, -0.25) is 14.6 Å². The summed E-state index contributed by atoms with van der Waals surface area (Å²) in [6.45, 7) is 7.97. The van der Waals surface area contributed by atoms with Gasteiger partial charge in [-0.2, -0.15) is 18.2 Å². The third-order valence-electron chi connectivity index (χ3n) is 9.44. The quantitative estimate of drug-likeness (QED) is 0.257. The maximum atomic E-state index is 14.4. The topological polar surface area (TPSA) is 139 Å². The molecule has 1 aromatic heterocycles. The van der Waals surface area contributed by atoms with Gasteiger partial charge in [-0.1, -0.05) is 31.1 Å². The van der Waals surface area contributed by atoms with Gasteiger partial charge in [0.05, 0.1) is 24.5 Å². The van der Waals surface area contributed by atoms with Crippen molar-refractivity contribution in [3.63, 3.8) is 0 Å². The van der Waals surface area contributed by atoms with E-state index in [4.69, 9.17) is 14.0 Å². The van der Waals surface area contributed by atoms with Gasteiger partial charge in [0.2, 0.25) is 11.7 Å². The maximum Gasteiger partial charge on any atom is 0.420 e. The zero-order valence-electron chi connectivity index (χ0n) is 28.7. The average Bonchev–Trinajstić information content (AvgIpc) is 3.62. The Kier molecular flexibility index (Phi) is 10.5. The minimum atomic E-state index is -4.90. The van der Waals surface area contributed by atoms with Crippen molar-refractivity contribution >= 4 is 21.8 Å². The third-order valence-corrected chi connectivity index (χ3v) is 11.6. The molecule has 17 heteroatoms. The van der Waals surface area contributed by atoms with Gasteiger partial charge in [-0.15, -0.1) is 0 Å². The molecular formula is C34H41F3N6O7S. The highest BCUT2D eigenvalue weighted by Crippen LogP contribution is 2.42. The summed E-state index contributed by atoms with van der Waals surface area (Å²) in [6.07, 6.45) is -3.97. The van der Waals surface area contributed by atoms with Gasteiger partial charge < -0.3 is 23.8 Å². The number of urea groups is 1. The van der Waals surface area contributed by atoms with Crippen LogP contribution in [0.15, 0.2) is 51.9 Å². The number of hydrogen-bond acceptors (Lipinski definition) is 11. The summed E-state index contributed by atoms with van der Waals surface area (Å²) < 4.78 is 85.5. The van der Waals surface area contributed by atoms with Crippen LogP contribution in [0.3, 0.4) is 0 Å². The molecule has 6 rings (SSSR count). The molecule has 0 aliphatic carbocycles. The second kappa shape index (κ2) is 14.5. The number of amides is 3. The van der Waals surface area contributed by atoms with Crippen LogP contribution in [0.5, 0.6) is 11.5 Å². The average molecular weight is 735 g/mol.